The van der Waals surface area contributed by atoms with Gasteiger partial charge in [-0.25, -0.2) is 0 Å². The Kier molecular flexibility index (Phi) is 8.81. The first-order valence-electron chi connectivity index (χ1n) is 4.29. The number of aliphatic hydroxyl groups is 2. The van der Waals surface area contributed by atoms with Gasteiger partial charge in [-0.1, -0.05) is 13.3 Å². The zero-order valence-electron chi connectivity index (χ0n) is 7.53. The fourth-order valence-electron chi connectivity index (χ4n) is 0.655. The highest BCUT2D eigenvalue weighted by Crippen LogP contribution is 1.88. The summed E-state index contributed by atoms with van der Waals surface area (Å²) in [6.07, 6.45) is 0.805. The molecular weight excluding hydrogens is 160 g/mol. The van der Waals surface area contributed by atoms with Crippen LogP contribution in [0.5, 0.6) is 0 Å². The Balaban J connectivity index is 2.82. The van der Waals surface area contributed by atoms with Crippen LogP contribution in [0.15, 0.2) is 0 Å². The van der Waals surface area contributed by atoms with E-state index in [4.69, 9.17) is 19.7 Å². The third-order valence-corrected chi connectivity index (χ3v) is 1.28. The van der Waals surface area contributed by atoms with Gasteiger partial charge in [0.1, 0.15) is 0 Å². The fourth-order valence-corrected chi connectivity index (χ4v) is 0.655. The van der Waals surface area contributed by atoms with Gasteiger partial charge in [0.15, 0.2) is 6.29 Å². The summed E-state index contributed by atoms with van der Waals surface area (Å²) in [5.41, 5.74) is 0. The maximum absolute atomic E-state index is 8.38. The van der Waals surface area contributed by atoms with E-state index in [-0.39, 0.29) is 6.61 Å². The maximum Gasteiger partial charge on any atom is 0.175 e. The molecule has 0 bridgehead atoms. The third-order valence-electron chi connectivity index (χ3n) is 1.28. The number of unbranched alkanes of at least 4 members (excludes halogenated alkanes) is 1. The van der Waals surface area contributed by atoms with Crippen molar-refractivity contribution in [3.8, 4) is 0 Å². The van der Waals surface area contributed by atoms with Crippen LogP contribution < -0.4 is 0 Å². The molecule has 74 valence electrons. The van der Waals surface area contributed by atoms with Gasteiger partial charge in [-0.05, 0) is 6.42 Å². The van der Waals surface area contributed by atoms with E-state index >= 15 is 0 Å². The molecule has 4 heteroatoms. The summed E-state index contributed by atoms with van der Waals surface area (Å²) in [5, 5.41) is 16.8. The molecule has 0 amide bonds. The second-order valence-corrected chi connectivity index (χ2v) is 2.52. The van der Waals surface area contributed by atoms with Crippen LogP contribution in [0.4, 0.5) is 0 Å². The van der Waals surface area contributed by atoms with E-state index in [1.165, 1.54) is 0 Å². The van der Waals surface area contributed by atoms with Gasteiger partial charge in [-0.2, -0.15) is 0 Å². The minimum Gasteiger partial charge on any atom is -0.379 e. The smallest absolute Gasteiger partial charge is 0.175 e. The molecule has 0 aromatic rings. The van der Waals surface area contributed by atoms with Crippen molar-refractivity contribution >= 4 is 0 Å². The molecule has 0 rings (SSSR count). The summed E-state index contributed by atoms with van der Waals surface area (Å²) in [4.78, 5) is 0. The summed E-state index contributed by atoms with van der Waals surface area (Å²) in [5.74, 6) is 0. The lowest BCUT2D eigenvalue weighted by atomic mass is 10.4. The van der Waals surface area contributed by atoms with E-state index in [2.05, 4.69) is 6.92 Å². The van der Waals surface area contributed by atoms with Gasteiger partial charge in [0.2, 0.25) is 0 Å². The Morgan fingerprint density at radius 1 is 1.08 bits per heavy atom. The first-order chi connectivity index (χ1) is 5.77. The quantitative estimate of drug-likeness (QED) is 0.410. The molecule has 0 saturated carbocycles. The van der Waals surface area contributed by atoms with Crippen molar-refractivity contribution in [2.75, 3.05) is 26.4 Å². The monoisotopic (exact) mass is 178 g/mol. The van der Waals surface area contributed by atoms with Gasteiger partial charge in [-0.15, -0.1) is 0 Å². The number of aliphatic hydroxyl groups excluding tert-OH is 1. The highest BCUT2D eigenvalue weighted by molar-refractivity contribution is 4.35. The van der Waals surface area contributed by atoms with Crippen LogP contribution >= 0.6 is 0 Å². The lowest BCUT2D eigenvalue weighted by molar-refractivity contribution is -0.100. The number of hydrogen-bond acceptors (Lipinski definition) is 4. The summed E-state index contributed by atoms with van der Waals surface area (Å²) in [6.45, 7) is 3.74. The van der Waals surface area contributed by atoms with Crippen LogP contribution in [0.3, 0.4) is 0 Å². The Morgan fingerprint density at radius 3 is 2.33 bits per heavy atom. The van der Waals surface area contributed by atoms with Crippen LogP contribution in [0.2, 0.25) is 0 Å². The van der Waals surface area contributed by atoms with E-state index in [0.29, 0.717) is 13.2 Å². The second kappa shape index (κ2) is 8.93. The predicted octanol–water partition coefficient (Wildman–Crippen LogP) is 0.130. The third kappa shape index (κ3) is 9.84. The van der Waals surface area contributed by atoms with E-state index in [1.807, 2.05) is 0 Å². The van der Waals surface area contributed by atoms with Crippen molar-refractivity contribution in [3.63, 3.8) is 0 Å². The molecule has 2 N–H and O–H groups in total. The lowest BCUT2D eigenvalue weighted by Gasteiger charge is -2.05. The Labute approximate surface area is 73.1 Å². The van der Waals surface area contributed by atoms with Gasteiger partial charge in [0, 0.05) is 6.61 Å². The average molecular weight is 178 g/mol. The lowest BCUT2D eigenvalue weighted by Crippen LogP contribution is -2.16. The number of ether oxygens (including phenoxy) is 2. The van der Waals surface area contributed by atoms with E-state index < -0.39 is 6.29 Å². The molecule has 0 radical (unpaired) electrons. The molecule has 0 aromatic carbocycles. The molecule has 0 saturated heterocycles. The van der Waals surface area contributed by atoms with Gasteiger partial charge in [-0.3, -0.25) is 0 Å². The van der Waals surface area contributed by atoms with Crippen LogP contribution in [-0.4, -0.2) is 42.9 Å². The van der Waals surface area contributed by atoms with Gasteiger partial charge < -0.3 is 19.7 Å². The van der Waals surface area contributed by atoms with Gasteiger partial charge in [0.05, 0.1) is 19.8 Å². The minimum absolute atomic E-state index is 0.0445. The van der Waals surface area contributed by atoms with Crippen LogP contribution in [-0.2, 0) is 9.47 Å². The second-order valence-electron chi connectivity index (χ2n) is 2.52. The van der Waals surface area contributed by atoms with Crippen LogP contribution in [0, 0.1) is 0 Å². The first kappa shape index (κ1) is 11.8. The Morgan fingerprint density at radius 2 is 1.75 bits per heavy atom. The normalized spacial score (nSPS) is 11.0. The average Bonchev–Trinajstić information content (AvgIpc) is 2.02. The van der Waals surface area contributed by atoms with E-state index in [9.17, 15) is 0 Å². The largest absolute Gasteiger partial charge is 0.379 e. The predicted molar refractivity (Wildman–Crippen MR) is 44.8 cm³/mol. The molecule has 0 aliphatic heterocycles. The number of hydrogen-bond donors (Lipinski definition) is 2. The van der Waals surface area contributed by atoms with Crippen molar-refractivity contribution in [3.05, 3.63) is 0 Å². The molecule has 0 unspecified atom stereocenters. The van der Waals surface area contributed by atoms with Gasteiger partial charge in [0.25, 0.3) is 0 Å². The zero-order valence-corrected chi connectivity index (χ0v) is 7.53. The fraction of sp³-hybridized carbons (Fsp3) is 1.00. The van der Waals surface area contributed by atoms with Crippen LogP contribution in [0.1, 0.15) is 19.8 Å². The Bertz CT molecular complexity index is 85.1. The molecule has 0 fully saturated rings. The van der Waals surface area contributed by atoms with Crippen molar-refractivity contribution in [1.82, 2.24) is 0 Å². The van der Waals surface area contributed by atoms with Crippen LogP contribution in [0.25, 0.3) is 0 Å². The molecule has 0 aliphatic rings. The standard InChI is InChI=1S/C8H18O4/c1-2-3-4-11-5-6-12-7-8(9)10/h8-10H,2-7H2,1H3. The highest BCUT2D eigenvalue weighted by Gasteiger charge is 1.95. The van der Waals surface area contributed by atoms with E-state index in [0.717, 1.165) is 19.4 Å². The molecule has 0 aromatic heterocycles. The summed E-state index contributed by atoms with van der Waals surface area (Å²) in [6, 6.07) is 0. The minimum atomic E-state index is -1.37. The highest BCUT2D eigenvalue weighted by atomic mass is 16.6. The topological polar surface area (TPSA) is 58.9 Å². The van der Waals surface area contributed by atoms with Crippen molar-refractivity contribution in [2.45, 2.75) is 26.1 Å². The van der Waals surface area contributed by atoms with Crippen molar-refractivity contribution in [1.29, 1.82) is 0 Å². The van der Waals surface area contributed by atoms with Crippen molar-refractivity contribution in [2.24, 2.45) is 0 Å². The Hall–Kier alpha value is -0.160. The molecule has 0 atom stereocenters. The molecule has 12 heavy (non-hydrogen) atoms. The van der Waals surface area contributed by atoms with Gasteiger partial charge >= 0.3 is 0 Å². The summed E-state index contributed by atoms with van der Waals surface area (Å²) in [7, 11) is 0. The molecule has 0 heterocycles. The van der Waals surface area contributed by atoms with E-state index in [1.54, 1.807) is 0 Å². The summed E-state index contributed by atoms with van der Waals surface area (Å²) < 4.78 is 10.0. The first-order valence-corrected chi connectivity index (χ1v) is 4.29. The molecular formula is C8H18O4. The SMILES string of the molecule is CCCCOCCOCC(O)O. The maximum atomic E-state index is 8.38. The molecule has 4 nitrogen and oxygen atoms in total. The number of rotatable bonds is 8. The molecule has 0 aliphatic carbocycles. The molecule has 0 spiro atoms. The van der Waals surface area contributed by atoms with Crippen molar-refractivity contribution < 1.29 is 19.7 Å². The zero-order chi connectivity index (χ0) is 9.23. The summed E-state index contributed by atoms with van der Waals surface area (Å²) >= 11 is 0.